The first-order valence-electron chi connectivity index (χ1n) is 5.09. The molecule has 0 bridgehead atoms. The van der Waals surface area contributed by atoms with Gasteiger partial charge in [0.1, 0.15) is 0 Å². The Bertz CT molecular complexity index is 131. The summed E-state index contributed by atoms with van der Waals surface area (Å²) in [5, 5.41) is 0. The largest absolute Gasteiger partial charge is 0.103 e. The summed E-state index contributed by atoms with van der Waals surface area (Å²) in [6.45, 7) is 15.4. The van der Waals surface area contributed by atoms with Crippen LogP contribution in [0.1, 0.15) is 47.5 Å². The number of hydrogen-bond acceptors (Lipinski definition) is 0. The molecule has 0 aromatic heterocycles. The molecule has 0 radical (unpaired) electrons. The second kappa shape index (κ2) is 4.69. The lowest BCUT2D eigenvalue weighted by molar-refractivity contribution is 0.196. The predicted octanol–water partition coefficient (Wildman–Crippen LogP) is 4.27. The van der Waals surface area contributed by atoms with Crippen molar-refractivity contribution in [2.45, 2.75) is 47.5 Å². The van der Waals surface area contributed by atoms with Crippen molar-refractivity contribution in [3.8, 4) is 0 Å². The van der Waals surface area contributed by atoms with Crippen LogP contribution in [0.25, 0.3) is 0 Å². The molecule has 0 heteroatoms. The van der Waals surface area contributed by atoms with Gasteiger partial charge in [-0.3, -0.25) is 0 Å². The van der Waals surface area contributed by atoms with Crippen LogP contribution in [-0.2, 0) is 0 Å². The van der Waals surface area contributed by atoms with E-state index >= 15 is 0 Å². The summed E-state index contributed by atoms with van der Waals surface area (Å²) in [6, 6.07) is 0. The van der Waals surface area contributed by atoms with Crippen molar-refractivity contribution in [2.75, 3.05) is 0 Å². The third kappa shape index (κ3) is 3.00. The minimum atomic E-state index is 0.296. The number of rotatable bonds is 5. The van der Waals surface area contributed by atoms with Gasteiger partial charge in [0.25, 0.3) is 0 Å². The fourth-order valence-electron chi connectivity index (χ4n) is 2.03. The third-order valence-corrected chi connectivity index (χ3v) is 2.89. The van der Waals surface area contributed by atoms with Gasteiger partial charge in [-0.15, -0.1) is 6.58 Å². The van der Waals surface area contributed by atoms with Crippen LogP contribution >= 0.6 is 0 Å². The molecule has 0 unspecified atom stereocenters. The lowest BCUT2D eigenvalue weighted by Crippen LogP contribution is -2.26. The van der Waals surface area contributed by atoms with Gasteiger partial charge in [-0.05, 0) is 23.7 Å². The zero-order valence-corrected chi connectivity index (χ0v) is 9.35. The highest BCUT2D eigenvalue weighted by molar-refractivity contribution is 4.93. The van der Waals surface area contributed by atoms with E-state index in [1.807, 2.05) is 0 Å². The smallest absolute Gasteiger partial charge is 0.0147 e. The Morgan fingerprint density at radius 1 is 1.33 bits per heavy atom. The molecule has 0 amide bonds. The zero-order valence-electron chi connectivity index (χ0n) is 9.35. The molecule has 0 N–H and O–H groups in total. The lowest BCUT2D eigenvalue weighted by atomic mass is 9.71. The molecule has 0 saturated carbocycles. The fraction of sp³-hybridized carbons (Fsp3) is 0.833. The van der Waals surface area contributed by atoms with E-state index in [4.69, 9.17) is 0 Å². The first-order valence-corrected chi connectivity index (χ1v) is 5.09. The van der Waals surface area contributed by atoms with Crippen LogP contribution in [0, 0.1) is 17.3 Å². The molecule has 1 atom stereocenters. The van der Waals surface area contributed by atoms with E-state index in [0.29, 0.717) is 5.41 Å². The van der Waals surface area contributed by atoms with E-state index < -0.39 is 0 Å². The van der Waals surface area contributed by atoms with Crippen LogP contribution in [0.15, 0.2) is 12.7 Å². The Morgan fingerprint density at radius 2 is 1.83 bits per heavy atom. The maximum Gasteiger partial charge on any atom is -0.0147 e. The molecule has 0 aliphatic heterocycles. The van der Waals surface area contributed by atoms with Crippen molar-refractivity contribution in [1.82, 2.24) is 0 Å². The Hall–Kier alpha value is -0.260. The molecule has 0 aliphatic carbocycles. The first-order chi connectivity index (χ1) is 5.45. The van der Waals surface area contributed by atoms with E-state index in [2.05, 4.69) is 47.3 Å². The molecule has 0 fully saturated rings. The molecule has 0 saturated heterocycles. The topological polar surface area (TPSA) is 0 Å². The van der Waals surface area contributed by atoms with E-state index in [0.717, 1.165) is 11.8 Å². The lowest BCUT2D eigenvalue weighted by Gasteiger charge is -2.34. The van der Waals surface area contributed by atoms with Crippen molar-refractivity contribution in [3.63, 3.8) is 0 Å². The van der Waals surface area contributed by atoms with Crippen LogP contribution in [0.2, 0.25) is 0 Å². The molecule has 0 aromatic rings. The zero-order chi connectivity index (χ0) is 9.78. The molecule has 72 valence electrons. The summed E-state index contributed by atoms with van der Waals surface area (Å²) in [7, 11) is 0. The summed E-state index contributed by atoms with van der Waals surface area (Å²) in [4.78, 5) is 0. The maximum atomic E-state index is 3.92. The second-order valence-corrected chi connectivity index (χ2v) is 4.66. The van der Waals surface area contributed by atoms with Crippen LogP contribution < -0.4 is 0 Å². The van der Waals surface area contributed by atoms with Crippen LogP contribution in [0.3, 0.4) is 0 Å². The molecule has 0 aromatic carbocycles. The van der Waals surface area contributed by atoms with Crippen molar-refractivity contribution in [1.29, 1.82) is 0 Å². The summed E-state index contributed by atoms with van der Waals surface area (Å²) in [6.07, 6.45) is 4.70. The van der Waals surface area contributed by atoms with Gasteiger partial charge < -0.3 is 0 Å². The highest BCUT2D eigenvalue weighted by Crippen LogP contribution is 2.36. The van der Waals surface area contributed by atoms with Gasteiger partial charge in [-0.2, -0.15) is 0 Å². The van der Waals surface area contributed by atoms with Gasteiger partial charge in [-0.25, -0.2) is 0 Å². The summed E-state index contributed by atoms with van der Waals surface area (Å²) in [5.74, 6) is 1.54. The summed E-state index contributed by atoms with van der Waals surface area (Å²) < 4.78 is 0. The van der Waals surface area contributed by atoms with Crippen LogP contribution in [-0.4, -0.2) is 0 Å². The Morgan fingerprint density at radius 3 is 2.08 bits per heavy atom. The van der Waals surface area contributed by atoms with E-state index in [1.165, 1.54) is 12.8 Å². The van der Waals surface area contributed by atoms with Gasteiger partial charge in [-0.1, -0.05) is 47.1 Å². The molecule has 0 rings (SSSR count). The minimum absolute atomic E-state index is 0.296. The fourth-order valence-corrected chi connectivity index (χ4v) is 2.03. The van der Waals surface area contributed by atoms with Crippen LogP contribution in [0.5, 0.6) is 0 Å². The minimum Gasteiger partial charge on any atom is -0.103 e. The SMILES string of the molecule is C=CC(C)(C)[C@@H](CCC)C(C)C. The second-order valence-electron chi connectivity index (χ2n) is 4.66. The molecule has 0 aliphatic rings. The third-order valence-electron chi connectivity index (χ3n) is 2.89. The van der Waals surface area contributed by atoms with Gasteiger partial charge in [0, 0.05) is 0 Å². The molecule has 12 heavy (non-hydrogen) atoms. The monoisotopic (exact) mass is 168 g/mol. The number of allylic oxidation sites excluding steroid dienone is 1. The Labute approximate surface area is 78.1 Å². The first kappa shape index (κ1) is 11.7. The highest BCUT2D eigenvalue weighted by Gasteiger charge is 2.27. The average molecular weight is 168 g/mol. The van der Waals surface area contributed by atoms with Crippen molar-refractivity contribution >= 4 is 0 Å². The number of hydrogen-bond donors (Lipinski definition) is 0. The van der Waals surface area contributed by atoms with Gasteiger partial charge in [0.05, 0.1) is 0 Å². The molecule has 0 spiro atoms. The van der Waals surface area contributed by atoms with Gasteiger partial charge in [0.2, 0.25) is 0 Å². The Kier molecular flexibility index (Phi) is 4.59. The highest BCUT2D eigenvalue weighted by atomic mass is 14.3. The molecular weight excluding hydrogens is 144 g/mol. The van der Waals surface area contributed by atoms with Gasteiger partial charge >= 0.3 is 0 Å². The van der Waals surface area contributed by atoms with Crippen molar-refractivity contribution in [2.24, 2.45) is 17.3 Å². The maximum absolute atomic E-state index is 3.92. The molecular formula is C12H24. The summed E-state index contributed by atoms with van der Waals surface area (Å²) in [5.41, 5.74) is 0.296. The summed E-state index contributed by atoms with van der Waals surface area (Å²) >= 11 is 0. The van der Waals surface area contributed by atoms with Crippen molar-refractivity contribution < 1.29 is 0 Å². The normalized spacial score (nSPS) is 14.8. The van der Waals surface area contributed by atoms with E-state index in [9.17, 15) is 0 Å². The van der Waals surface area contributed by atoms with Crippen LogP contribution in [0.4, 0.5) is 0 Å². The van der Waals surface area contributed by atoms with E-state index in [-0.39, 0.29) is 0 Å². The van der Waals surface area contributed by atoms with E-state index in [1.54, 1.807) is 0 Å². The molecule has 0 heterocycles. The quantitative estimate of drug-likeness (QED) is 0.538. The predicted molar refractivity (Wildman–Crippen MR) is 57.2 cm³/mol. The average Bonchev–Trinajstić information content (AvgIpc) is 1.99. The van der Waals surface area contributed by atoms with Crippen molar-refractivity contribution in [3.05, 3.63) is 12.7 Å². The van der Waals surface area contributed by atoms with Gasteiger partial charge in [0.15, 0.2) is 0 Å². The Balaban J connectivity index is 4.38. The standard InChI is InChI=1S/C12H24/c1-7-9-11(10(3)4)12(5,6)8-2/h8,10-11H,2,7,9H2,1,3-6H3/t11-/m0/s1. The molecule has 0 nitrogen and oxygen atoms in total.